The average Bonchev–Trinajstić information content (AvgIpc) is 2.30. The van der Waals surface area contributed by atoms with Crippen LogP contribution in [0, 0.1) is 5.21 Å². The Morgan fingerprint density at radius 1 is 1.50 bits per heavy atom. The van der Waals surface area contributed by atoms with Crippen LogP contribution in [0.3, 0.4) is 0 Å². The highest BCUT2D eigenvalue weighted by Crippen LogP contribution is 2.05. The molecule has 86 valence electrons. The Balaban J connectivity index is 1.96. The minimum atomic E-state index is -0.200. The fraction of sp³-hybridized carbons (Fsp3) is 0.400. The molecule has 0 saturated carbocycles. The number of amides is 2. The van der Waals surface area contributed by atoms with Crippen molar-refractivity contribution in [2.24, 2.45) is 0 Å². The minimum absolute atomic E-state index is 0.200. The highest BCUT2D eigenvalue weighted by atomic mass is 16.5. The van der Waals surface area contributed by atoms with E-state index in [-0.39, 0.29) is 6.03 Å². The van der Waals surface area contributed by atoms with Gasteiger partial charge in [0.1, 0.15) is 5.69 Å². The molecule has 16 heavy (non-hydrogen) atoms. The number of urea groups is 1. The molecule has 0 atom stereocenters. The summed E-state index contributed by atoms with van der Waals surface area (Å²) in [5, 5.41) is 13.6. The van der Waals surface area contributed by atoms with Crippen LogP contribution < -0.4 is 10.0 Å². The lowest BCUT2D eigenvalue weighted by atomic mass is 10.4. The van der Waals surface area contributed by atoms with Crippen LogP contribution >= 0.6 is 0 Å². The number of anilines is 1. The Labute approximate surface area is 93.0 Å². The van der Waals surface area contributed by atoms with Crippen molar-refractivity contribution in [3.05, 3.63) is 29.7 Å². The molecule has 0 unspecified atom stereocenters. The van der Waals surface area contributed by atoms with E-state index < -0.39 is 0 Å². The molecule has 1 fully saturated rings. The lowest BCUT2D eigenvalue weighted by Gasteiger charge is -2.26. The number of hydrogen-bond acceptors (Lipinski definition) is 3. The third kappa shape index (κ3) is 2.60. The van der Waals surface area contributed by atoms with Gasteiger partial charge in [-0.2, -0.15) is 4.73 Å². The van der Waals surface area contributed by atoms with Crippen LogP contribution in [0.1, 0.15) is 0 Å². The van der Waals surface area contributed by atoms with Crippen LogP contribution in [-0.4, -0.2) is 37.2 Å². The molecule has 0 radical (unpaired) electrons. The van der Waals surface area contributed by atoms with E-state index in [1.165, 1.54) is 12.4 Å². The summed E-state index contributed by atoms with van der Waals surface area (Å²) in [5.74, 6) is 0. The topological polar surface area (TPSA) is 68.5 Å². The lowest BCUT2D eigenvalue weighted by molar-refractivity contribution is -0.604. The highest BCUT2D eigenvalue weighted by Gasteiger charge is 2.17. The molecule has 6 heteroatoms. The number of nitrogens with zero attached hydrogens (tertiary/aromatic N) is 2. The molecule has 0 aliphatic carbocycles. The van der Waals surface area contributed by atoms with Gasteiger partial charge in [-0.05, 0) is 6.07 Å². The molecular weight excluding hydrogens is 210 g/mol. The van der Waals surface area contributed by atoms with E-state index in [0.717, 1.165) is 0 Å². The number of aromatic nitrogens is 1. The van der Waals surface area contributed by atoms with E-state index in [1.54, 1.807) is 17.0 Å². The van der Waals surface area contributed by atoms with Gasteiger partial charge >= 0.3 is 6.03 Å². The molecule has 2 heterocycles. The first kappa shape index (κ1) is 10.7. The molecule has 0 spiro atoms. The molecule has 2 amide bonds. The molecule has 1 aromatic rings. The Kier molecular flexibility index (Phi) is 3.21. The summed E-state index contributed by atoms with van der Waals surface area (Å²) in [6.07, 6.45) is 2.68. The summed E-state index contributed by atoms with van der Waals surface area (Å²) < 4.78 is 5.79. The predicted octanol–water partition coefficient (Wildman–Crippen LogP) is 0.184. The Bertz CT molecular complexity index is 377. The number of morpholine rings is 1. The lowest BCUT2D eigenvalue weighted by Crippen LogP contribution is -2.43. The molecule has 1 aromatic heterocycles. The van der Waals surface area contributed by atoms with Crippen LogP contribution in [0.2, 0.25) is 0 Å². The van der Waals surface area contributed by atoms with Gasteiger partial charge in [0.15, 0.2) is 6.20 Å². The average molecular weight is 223 g/mol. The van der Waals surface area contributed by atoms with Crippen molar-refractivity contribution in [1.29, 1.82) is 0 Å². The van der Waals surface area contributed by atoms with Crippen LogP contribution in [0.25, 0.3) is 0 Å². The van der Waals surface area contributed by atoms with Crippen molar-refractivity contribution in [2.45, 2.75) is 0 Å². The first-order chi connectivity index (χ1) is 7.75. The van der Waals surface area contributed by atoms with Crippen LogP contribution in [0.15, 0.2) is 24.5 Å². The van der Waals surface area contributed by atoms with Crippen molar-refractivity contribution >= 4 is 11.7 Å². The summed E-state index contributed by atoms with van der Waals surface area (Å²) in [6, 6.07) is 3.06. The SMILES string of the molecule is O=C(Nc1ccc[n+]([O-])c1)N1CCOCC1. The third-order valence-electron chi connectivity index (χ3n) is 2.32. The normalized spacial score (nSPS) is 15.9. The van der Waals surface area contributed by atoms with E-state index >= 15 is 0 Å². The van der Waals surface area contributed by atoms with Gasteiger partial charge in [0.2, 0.25) is 6.20 Å². The number of carbonyl (C=O) groups excluding carboxylic acids is 1. The van der Waals surface area contributed by atoms with Gasteiger partial charge in [0.05, 0.1) is 13.2 Å². The maximum atomic E-state index is 11.7. The van der Waals surface area contributed by atoms with E-state index in [9.17, 15) is 10.0 Å². The summed E-state index contributed by atoms with van der Waals surface area (Å²) in [7, 11) is 0. The molecule has 2 rings (SSSR count). The largest absolute Gasteiger partial charge is 0.619 e. The van der Waals surface area contributed by atoms with Gasteiger partial charge in [-0.3, -0.25) is 0 Å². The van der Waals surface area contributed by atoms with Crippen LogP contribution in [0.5, 0.6) is 0 Å². The number of ether oxygens (including phenoxy) is 1. The number of pyridine rings is 1. The predicted molar refractivity (Wildman–Crippen MR) is 56.8 cm³/mol. The Morgan fingerprint density at radius 2 is 2.25 bits per heavy atom. The van der Waals surface area contributed by atoms with E-state index in [2.05, 4.69) is 5.32 Å². The second-order valence-electron chi connectivity index (χ2n) is 3.48. The third-order valence-corrected chi connectivity index (χ3v) is 2.32. The second-order valence-corrected chi connectivity index (χ2v) is 3.48. The minimum Gasteiger partial charge on any atom is -0.619 e. The Morgan fingerprint density at radius 3 is 2.94 bits per heavy atom. The standard InChI is InChI=1S/C10H13N3O3/c14-10(12-4-6-16-7-5-12)11-9-2-1-3-13(15)8-9/h1-3,8H,4-7H2,(H,11,14). The van der Waals surface area contributed by atoms with Crippen molar-refractivity contribution in [1.82, 2.24) is 4.90 Å². The van der Waals surface area contributed by atoms with Gasteiger partial charge in [-0.1, -0.05) is 0 Å². The van der Waals surface area contributed by atoms with Crippen LogP contribution in [0.4, 0.5) is 10.5 Å². The zero-order chi connectivity index (χ0) is 11.4. The number of hydrogen-bond donors (Lipinski definition) is 1. The summed E-state index contributed by atoms with van der Waals surface area (Å²) in [6.45, 7) is 2.28. The maximum Gasteiger partial charge on any atom is 0.322 e. The zero-order valence-corrected chi connectivity index (χ0v) is 8.76. The first-order valence-corrected chi connectivity index (χ1v) is 5.08. The number of nitrogens with one attached hydrogen (secondary N) is 1. The second kappa shape index (κ2) is 4.80. The first-order valence-electron chi connectivity index (χ1n) is 5.08. The van der Waals surface area contributed by atoms with E-state index in [1.807, 2.05) is 0 Å². The summed E-state index contributed by atoms with van der Waals surface area (Å²) in [5.41, 5.74) is 0.494. The highest BCUT2D eigenvalue weighted by molar-refractivity contribution is 5.89. The van der Waals surface area contributed by atoms with Crippen LogP contribution in [-0.2, 0) is 4.74 Å². The molecule has 1 aliphatic heterocycles. The molecule has 0 aromatic carbocycles. The number of rotatable bonds is 1. The van der Waals surface area contributed by atoms with E-state index in [0.29, 0.717) is 36.7 Å². The van der Waals surface area contributed by atoms with Gasteiger partial charge in [-0.25, -0.2) is 4.79 Å². The van der Waals surface area contributed by atoms with Gasteiger partial charge in [0, 0.05) is 19.2 Å². The molecular formula is C10H13N3O3. The fourth-order valence-corrected chi connectivity index (χ4v) is 1.50. The van der Waals surface area contributed by atoms with Crippen molar-refractivity contribution < 1.29 is 14.3 Å². The van der Waals surface area contributed by atoms with Crippen molar-refractivity contribution in [3.63, 3.8) is 0 Å². The molecule has 1 aliphatic rings. The van der Waals surface area contributed by atoms with Gasteiger partial charge in [0.25, 0.3) is 0 Å². The van der Waals surface area contributed by atoms with Crippen molar-refractivity contribution in [3.8, 4) is 0 Å². The number of carbonyl (C=O) groups is 1. The zero-order valence-electron chi connectivity index (χ0n) is 8.76. The van der Waals surface area contributed by atoms with Gasteiger partial charge in [-0.15, -0.1) is 0 Å². The monoisotopic (exact) mass is 223 g/mol. The molecule has 0 bridgehead atoms. The fourth-order valence-electron chi connectivity index (χ4n) is 1.50. The Hall–Kier alpha value is -1.82. The molecule has 1 N–H and O–H groups in total. The molecule has 1 saturated heterocycles. The van der Waals surface area contributed by atoms with E-state index in [4.69, 9.17) is 4.74 Å². The molecule has 6 nitrogen and oxygen atoms in total. The smallest absolute Gasteiger partial charge is 0.322 e. The van der Waals surface area contributed by atoms with Gasteiger partial charge < -0.3 is 20.2 Å². The quantitative estimate of drug-likeness (QED) is 0.545. The summed E-state index contributed by atoms with van der Waals surface area (Å²) >= 11 is 0. The van der Waals surface area contributed by atoms with Crippen molar-refractivity contribution in [2.75, 3.05) is 31.6 Å². The maximum absolute atomic E-state index is 11.7. The summed E-state index contributed by atoms with van der Waals surface area (Å²) in [4.78, 5) is 13.4.